The first-order valence-corrected chi connectivity index (χ1v) is 7.41. The van der Waals surface area contributed by atoms with Crippen LogP contribution in [0.4, 0.5) is 0 Å². The number of hydrogen-bond acceptors (Lipinski definition) is 5. The van der Waals surface area contributed by atoms with Gasteiger partial charge in [0.15, 0.2) is 0 Å². The largest absolute Gasteiger partial charge is 0.530 e. The lowest BCUT2D eigenvalue weighted by Gasteiger charge is -2.17. The second-order valence-corrected chi connectivity index (χ2v) is 4.87. The molecule has 5 nitrogen and oxygen atoms in total. The Morgan fingerprint density at radius 2 is 1.39 bits per heavy atom. The van der Waals surface area contributed by atoms with Crippen molar-refractivity contribution in [1.82, 2.24) is 0 Å². The van der Waals surface area contributed by atoms with E-state index in [4.69, 9.17) is 18.3 Å². The van der Waals surface area contributed by atoms with E-state index in [2.05, 4.69) is 0 Å². The number of hydrogen-bond donors (Lipinski definition) is 0. The third-order valence-electron chi connectivity index (χ3n) is 1.93. The van der Waals surface area contributed by atoms with Crippen LogP contribution in [0, 0.1) is 0 Å². The molecule has 0 spiro atoms. The van der Waals surface area contributed by atoms with Crippen LogP contribution < -0.4 is 9.26 Å². The molecule has 1 aromatic rings. The van der Waals surface area contributed by atoms with Crippen LogP contribution >= 0.6 is 7.82 Å². The Balaban J connectivity index is 2.71. The maximum Gasteiger partial charge on any atom is 0.530 e. The maximum atomic E-state index is 12.1. The van der Waals surface area contributed by atoms with Crippen LogP contribution in [0.15, 0.2) is 24.3 Å². The molecule has 0 aliphatic carbocycles. The summed E-state index contributed by atoms with van der Waals surface area (Å²) in [5.74, 6) is 1.15. The molecule has 0 fully saturated rings. The minimum absolute atomic E-state index is 0.258. The molecule has 0 aromatic heterocycles. The Hall–Kier alpha value is -1.03. The van der Waals surface area contributed by atoms with Crippen LogP contribution in [0.1, 0.15) is 20.8 Å². The summed E-state index contributed by atoms with van der Waals surface area (Å²) < 4.78 is 32.7. The van der Waals surface area contributed by atoms with Crippen LogP contribution in [-0.2, 0) is 13.6 Å². The molecule has 102 valence electrons. The summed E-state index contributed by atoms with van der Waals surface area (Å²) in [5, 5.41) is 0. The first-order valence-electron chi connectivity index (χ1n) is 5.95. The highest BCUT2D eigenvalue weighted by molar-refractivity contribution is 7.48. The zero-order valence-corrected chi connectivity index (χ0v) is 11.8. The second kappa shape index (κ2) is 7.41. The van der Waals surface area contributed by atoms with Crippen LogP contribution in [0.3, 0.4) is 0 Å². The number of phosphoric ester groups is 1. The predicted octanol–water partition coefficient (Wildman–Crippen LogP) is 3.65. The normalized spacial score (nSPS) is 11.3. The molecular weight excluding hydrogens is 255 g/mol. The van der Waals surface area contributed by atoms with Gasteiger partial charge in [-0.2, -0.15) is 0 Å². The van der Waals surface area contributed by atoms with Crippen LogP contribution in [-0.4, -0.2) is 19.8 Å². The molecule has 6 heteroatoms. The van der Waals surface area contributed by atoms with Gasteiger partial charge < -0.3 is 9.26 Å². The summed E-state index contributed by atoms with van der Waals surface area (Å²) in [6, 6.07) is 6.80. The SMILES string of the molecule is CCOc1ccc(OP(=O)(OCC)OCC)cc1. The summed E-state index contributed by atoms with van der Waals surface area (Å²) >= 11 is 0. The Morgan fingerprint density at radius 1 is 0.889 bits per heavy atom. The van der Waals surface area contributed by atoms with E-state index < -0.39 is 7.82 Å². The molecule has 18 heavy (non-hydrogen) atoms. The standard InChI is InChI=1S/C12H19O5P/c1-4-14-11-7-9-12(10-8-11)17-18(13,15-5-2)16-6-3/h7-10H,4-6H2,1-3H3. The molecular formula is C12H19O5P. The van der Waals surface area contributed by atoms with E-state index >= 15 is 0 Å². The molecule has 0 unspecified atom stereocenters. The van der Waals surface area contributed by atoms with Gasteiger partial charge in [0.25, 0.3) is 0 Å². The number of phosphoric acid groups is 1. The van der Waals surface area contributed by atoms with Gasteiger partial charge >= 0.3 is 7.82 Å². The van der Waals surface area contributed by atoms with Gasteiger partial charge in [-0.1, -0.05) is 0 Å². The van der Waals surface area contributed by atoms with E-state index in [9.17, 15) is 4.57 Å². The van der Waals surface area contributed by atoms with Gasteiger partial charge in [-0.15, -0.1) is 0 Å². The number of benzene rings is 1. The molecule has 1 aromatic carbocycles. The number of rotatable bonds is 8. The van der Waals surface area contributed by atoms with Crippen molar-refractivity contribution in [3.8, 4) is 11.5 Å². The van der Waals surface area contributed by atoms with Gasteiger partial charge in [-0.25, -0.2) is 4.57 Å². The topological polar surface area (TPSA) is 54.0 Å². The summed E-state index contributed by atoms with van der Waals surface area (Å²) in [5.41, 5.74) is 0. The van der Waals surface area contributed by atoms with Gasteiger partial charge in [0.1, 0.15) is 11.5 Å². The smallest absolute Gasteiger partial charge is 0.494 e. The van der Waals surface area contributed by atoms with E-state index in [0.29, 0.717) is 12.4 Å². The zero-order chi connectivity index (χ0) is 13.4. The zero-order valence-electron chi connectivity index (χ0n) is 10.9. The third kappa shape index (κ3) is 4.69. The van der Waals surface area contributed by atoms with Crippen LogP contribution in [0.2, 0.25) is 0 Å². The molecule has 1 rings (SSSR count). The molecule has 0 saturated heterocycles. The lowest BCUT2D eigenvalue weighted by Crippen LogP contribution is -2.02. The Morgan fingerprint density at radius 3 is 1.83 bits per heavy atom. The first-order chi connectivity index (χ1) is 8.63. The van der Waals surface area contributed by atoms with E-state index in [0.717, 1.165) is 5.75 Å². The molecule has 0 radical (unpaired) electrons. The summed E-state index contributed by atoms with van der Waals surface area (Å²) in [6.07, 6.45) is 0. The summed E-state index contributed by atoms with van der Waals surface area (Å²) in [7, 11) is -3.51. The van der Waals surface area contributed by atoms with Gasteiger partial charge in [0, 0.05) is 0 Å². The van der Waals surface area contributed by atoms with E-state index in [1.807, 2.05) is 6.92 Å². The van der Waals surface area contributed by atoms with E-state index in [1.165, 1.54) is 0 Å². The molecule has 0 aliphatic heterocycles. The molecule has 0 aliphatic rings. The molecule has 0 N–H and O–H groups in total. The fourth-order valence-electron chi connectivity index (χ4n) is 1.30. The van der Waals surface area contributed by atoms with Crippen molar-refractivity contribution < 1.29 is 22.9 Å². The first kappa shape index (κ1) is 15.0. The lowest BCUT2D eigenvalue weighted by molar-refractivity contribution is 0.167. The summed E-state index contributed by atoms with van der Waals surface area (Å²) in [6.45, 7) is 6.47. The fourth-order valence-corrected chi connectivity index (χ4v) is 2.49. The van der Waals surface area contributed by atoms with Gasteiger partial charge in [-0.05, 0) is 45.0 Å². The number of ether oxygens (including phenoxy) is 1. The molecule has 0 bridgehead atoms. The van der Waals surface area contributed by atoms with Crippen molar-refractivity contribution >= 4 is 7.82 Å². The van der Waals surface area contributed by atoms with Crippen molar-refractivity contribution in [2.24, 2.45) is 0 Å². The maximum absolute atomic E-state index is 12.1. The predicted molar refractivity (Wildman–Crippen MR) is 69.1 cm³/mol. The molecule has 0 heterocycles. The Bertz CT molecular complexity index is 380. The average molecular weight is 274 g/mol. The van der Waals surface area contributed by atoms with Crippen LogP contribution in [0.5, 0.6) is 11.5 Å². The van der Waals surface area contributed by atoms with Gasteiger partial charge in [0.2, 0.25) is 0 Å². The molecule has 0 atom stereocenters. The Labute approximate surface area is 108 Å². The van der Waals surface area contributed by atoms with E-state index in [-0.39, 0.29) is 13.2 Å². The van der Waals surface area contributed by atoms with Crippen molar-refractivity contribution in [2.45, 2.75) is 20.8 Å². The van der Waals surface area contributed by atoms with Gasteiger partial charge in [0.05, 0.1) is 19.8 Å². The molecule has 0 amide bonds. The lowest BCUT2D eigenvalue weighted by atomic mass is 10.3. The second-order valence-electron chi connectivity index (χ2n) is 3.28. The minimum atomic E-state index is -3.51. The monoisotopic (exact) mass is 274 g/mol. The van der Waals surface area contributed by atoms with Crippen molar-refractivity contribution in [3.05, 3.63) is 24.3 Å². The van der Waals surface area contributed by atoms with Crippen molar-refractivity contribution in [1.29, 1.82) is 0 Å². The highest BCUT2D eigenvalue weighted by atomic mass is 31.2. The highest BCUT2D eigenvalue weighted by Crippen LogP contribution is 2.49. The fraction of sp³-hybridized carbons (Fsp3) is 0.500. The van der Waals surface area contributed by atoms with Gasteiger partial charge in [-0.3, -0.25) is 9.05 Å². The summed E-state index contributed by atoms with van der Waals surface area (Å²) in [4.78, 5) is 0. The van der Waals surface area contributed by atoms with Crippen LogP contribution in [0.25, 0.3) is 0 Å². The average Bonchev–Trinajstić information content (AvgIpc) is 2.32. The van der Waals surface area contributed by atoms with Crippen molar-refractivity contribution in [3.63, 3.8) is 0 Å². The van der Waals surface area contributed by atoms with Crippen molar-refractivity contribution in [2.75, 3.05) is 19.8 Å². The van der Waals surface area contributed by atoms with E-state index in [1.54, 1.807) is 38.1 Å². The highest BCUT2D eigenvalue weighted by Gasteiger charge is 2.27. The third-order valence-corrected chi connectivity index (χ3v) is 3.51. The minimum Gasteiger partial charge on any atom is -0.494 e. The Kier molecular flexibility index (Phi) is 6.19. The molecule has 0 saturated carbocycles. The quantitative estimate of drug-likeness (QED) is 0.677.